The second kappa shape index (κ2) is 7.38. The van der Waals surface area contributed by atoms with Gasteiger partial charge in [0.25, 0.3) is 5.56 Å². The summed E-state index contributed by atoms with van der Waals surface area (Å²) in [5.74, 6) is 0. The van der Waals surface area contributed by atoms with Gasteiger partial charge in [-0.25, -0.2) is 4.79 Å². The molecule has 0 unspecified atom stereocenters. The van der Waals surface area contributed by atoms with Crippen LogP contribution < -0.4 is 10.9 Å². The van der Waals surface area contributed by atoms with Crippen LogP contribution in [-0.4, -0.2) is 39.0 Å². The van der Waals surface area contributed by atoms with Gasteiger partial charge in [-0.3, -0.25) is 9.78 Å². The van der Waals surface area contributed by atoms with E-state index in [4.69, 9.17) is 9.47 Å². The molecule has 2 aromatic heterocycles. The van der Waals surface area contributed by atoms with Gasteiger partial charge in [-0.05, 0) is 71.9 Å². The number of pyridine rings is 2. The molecule has 3 fully saturated rings. The third kappa shape index (κ3) is 4.08. The Morgan fingerprint density at radius 1 is 1.23 bits per heavy atom. The van der Waals surface area contributed by atoms with Crippen molar-refractivity contribution in [2.24, 2.45) is 0 Å². The lowest BCUT2D eigenvalue weighted by atomic mass is 9.70. The Morgan fingerprint density at radius 2 is 1.97 bits per heavy atom. The topological polar surface area (TPSA) is 82.5 Å². The Morgan fingerprint density at radius 3 is 2.60 bits per heavy atom. The molecule has 1 N–H and O–H groups in total. The molecule has 2 aromatic rings. The first-order chi connectivity index (χ1) is 14.1. The number of hydrogen-bond acceptors (Lipinski definition) is 5. The van der Waals surface area contributed by atoms with Crippen LogP contribution >= 0.6 is 0 Å². The fourth-order valence-corrected chi connectivity index (χ4v) is 4.68. The van der Waals surface area contributed by atoms with Gasteiger partial charge >= 0.3 is 6.09 Å². The quantitative estimate of drug-likeness (QED) is 0.826. The van der Waals surface area contributed by atoms with Crippen LogP contribution in [0.2, 0.25) is 0 Å². The first kappa shape index (κ1) is 20.8. The maximum absolute atomic E-state index is 12.5. The first-order valence-corrected chi connectivity index (χ1v) is 10.7. The molecular weight excluding hydrogens is 382 g/mol. The molecule has 1 aliphatic carbocycles. The minimum atomic E-state index is -0.520. The van der Waals surface area contributed by atoms with E-state index in [1.165, 1.54) is 0 Å². The summed E-state index contributed by atoms with van der Waals surface area (Å²) in [4.78, 5) is 29.1. The molecule has 2 saturated heterocycles. The van der Waals surface area contributed by atoms with Gasteiger partial charge in [0.05, 0.1) is 23.3 Å². The minimum Gasteiger partial charge on any atom is -0.444 e. The van der Waals surface area contributed by atoms with E-state index >= 15 is 0 Å². The number of carbonyl (C=O) groups excluding carboxylic acids is 1. The average Bonchev–Trinajstić information content (AvgIpc) is 2.67. The number of aromatic nitrogens is 2. The fraction of sp³-hybridized carbons (Fsp3) is 0.609. The molecule has 1 amide bonds. The highest BCUT2D eigenvalue weighted by Crippen LogP contribution is 2.45. The van der Waals surface area contributed by atoms with Crippen LogP contribution in [0.5, 0.6) is 0 Å². The highest BCUT2D eigenvalue weighted by Gasteiger charge is 2.50. The van der Waals surface area contributed by atoms with Crippen molar-refractivity contribution in [3.05, 3.63) is 40.4 Å². The molecule has 7 heteroatoms. The number of nitrogens with one attached hydrogen (secondary N) is 1. The summed E-state index contributed by atoms with van der Waals surface area (Å²) in [5.41, 5.74) is 0.735. The lowest BCUT2D eigenvalue weighted by molar-refractivity contribution is -0.165. The lowest BCUT2D eigenvalue weighted by Gasteiger charge is -2.53. The summed E-state index contributed by atoms with van der Waals surface area (Å²) in [6, 6.07) is 5.37. The molecule has 30 heavy (non-hydrogen) atoms. The monoisotopic (exact) mass is 413 g/mol. The second-order valence-corrected chi connectivity index (χ2v) is 9.78. The van der Waals surface area contributed by atoms with Gasteiger partial charge in [0, 0.05) is 29.9 Å². The zero-order valence-corrected chi connectivity index (χ0v) is 18.3. The standard InChI is InChI=1S/C23H31N3O4/c1-16-17-5-6-19(27)26(18(17)7-13-24-16)14-12-23-10-8-22(9-11-23,15-29-23)25-20(28)30-21(2,3)4/h5-7,13H,8-12,14-15H2,1-4H3,(H,25,28). The van der Waals surface area contributed by atoms with Crippen molar-refractivity contribution in [3.63, 3.8) is 0 Å². The van der Waals surface area contributed by atoms with E-state index in [1.54, 1.807) is 12.3 Å². The Balaban J connectivity index is 1.44. The van der Waals surface area contributed by atoms with E-state index in [9.17, 15) is 9.59 Å². The number of amides is 1. The first-order valence-electron chi connectivity index (χ1n) is 10.7. The van der Waals surface area contributed by atoms with Gasteiger partial charge in [0.1, 0.15) is 5.60 Å². The number of fused-ring (bicyclic) bond motifs is 4. The van der Waals surface area contributed by atoms with Crippen molar-refractivity contribution in [3.8, 4) is 0 Å². The zero-order valence-electron chi connectivity index (χ0n) is 18.3. The normalized spacial score (nSPS) is 26.0. The van der Waals surface area contributed by atoms with Crippen molar-refractivity contribution in [1.29, 1.82) is 0 Å². The number of alkyl carbamates (subject to hydrolysis) is 1. The van der Waals surface area contributed by atoms with Crippen LogP contribution in [0.1, 0.15) is 58.6 Å². The molecule has 0 aromatic carbocycles. The highest BCUT2D eigenvalue weighted by molar-refractivity contribution is 5.80. The van der Waals surface area contributed by atoms with Crippen molar-refractivity contribution in [2.45, 2.75) is 83.1 Å². The molecule has 2 aliphatic heterocycles. The molecule has 162 valence electrons. The smallest absolute Gasteiger partial charge is 0.408 e. The van der Waals surface area contributed by atoms with Crippen molar-refractivity contribution >= 4 is 17.0 Å². The molecule has 2 bridgehead atoms. The zero-order chi connectivity index (χ0) is 21.6. The molecule has 1 saturated carbocycles. The van der Waals surface area contributed by atoms with E-state index in [0.717, 1.165) is 48.7 Å². The van der Waals surface area contributed by atoms with Gasteiger partial charge < -0.3 is 19.4 Å². The maximum atomic E-state index is 12.5. The van der Waals surface area contributed by atoms with Gasteiger partial charge in [0.2, 0.25) is 0 Å². The fourth-order valence-electron chi connectivity index (χ4n) is 4.68. The van der Waals surface area contributed by atoms with Crippen LogP contribution in [0.25, 0.3) is 10.9 Å². The molecule has 3 aliphatic rings. The predicted octanol–water partition coefficient (Wildman–Crippen LogP) is 3.70. The van der Waals surface area contributed by atoms with Crippen LogP contribution in [0.4, 0.5) is 4.79 Å². The van der Waals surface area contributed by atoms with Crippen LogP contribution in [0, 0.1) is 6.92 Å². The minimum absolute atomic E-state index is 0.00272. The second-order valence-electron chi connectivity index (χ2n) is 9.78. The molecule has 4 heterocycles. The van der Waals surface area contributed by atoms with Crippen molar-refractivity contribution in [1.82, 2.24) is 14.9 Å². The van der Waals surface area contributed by atoms with E-state index in [0.29, 0.717) is 13.2 Å². The summed E-state index contributed by atoms with van der Waals surface area (Å²) in [5, 5.41) is 4.06. The Bertz CT molecular complexity index is 997. The van der Waals surface area contributed by atoms with E-state index < -0.39 is 5.60 Å². The Kier molecular flexibility index (Phi) is 5.12. The number of aryl methyl sites for hydroxylation is 2. The molecular formula is C23H31N3O4. The molecule has 0 spiro atoms. The maximum Gasteiger partial charge on any atom is 0.408 e. The number of nitrogens with zero attached hydrogens (tertiary/aromatic N) is 2. The van der Waals surface area contributed by atoms with E-state index in [-0.39, 0.29) is 22.8 Å². The number of rotatable bonds is 4. The summed E-state index contributed by atoms with van der Waals surface area (Å²) in [6.07, 6.45) is 5.59. The van der Waals surface area contributed by atoms with Crippen LogP contribution in [0.15, 0.2) is 29.2 Å². The lowest BCUT2D eigenvalue weighted by Crippen LogP contribution is -2.63. The summed E-state index contributed by atoms with van der Waals surface area (Å²) >= 11 is 0. The van der Waals surface area contributed by atoms with Gasteiger partial charge in [-0.2, -0.15) is 0 Å². The third-order valence-corrected chi connectivity index (χ3v) is 6.45. The number of hydrogen-bond donors (Lipinski definition) is 1. The van der Waals surface area contributed by atoms with Crippen LogP contribution in [0.3, 0.4) is 0 Å². The largest absolute Gasteiger partial charge is 0.444 e. The number of ether oxygens (including phenoxy) is 2. The average molecular weight is 414 g/mol. The SMILES string of the molecule is Cc1nccc2c1ccc(=O)n2CCC12CCC(NC(=O)OC(C)(C)C)(CC1)CO2. The molecule has 5 rings (SSSR count). The van der Waals surface area contributed by atoms with Gasteiger partial charge in [-0.1, -0.05) is 0 Å². The highest BCUT2D eigenvalue weighted by atomic mass is 16.6. The van der Waals surface area contributed by atoms with E-state index in [2.05, 4.69) is 10.3 Å². The van der Waals surface area contributed by atoms with Crippen molar-refractivity contribution < 1.29 is 14.3 Å². The Labute approximate surface area is 176 Å². The van der Waals surface area contributed by atoms with Crippen LogP contribution in [-0.2, 0) is 16.0 Å². The molecule has 0 atom stereocenters. The summed E-state index contributed by atoms with van der Waals surface area (Å²) < 4.78 is 13.6. The van der Waals surface area contributed by atoms with Crippen molar-refractivity contribution in [2.75, 3.05) is 6.61 Å². The predicted molar refractivity (Wildman–Crippen MR) is 115 cm³/mol. The molecule has 7 nitrogen and oxygen atoms in total. The number of carbonyl (C=O) groups is 1. The van der Waals surface area contributed by atoms with Gasteiger partial charge in [0.15, 0.2) is 0 Å². The molecule has 0 radical (unpaired) electrons. The summed E-state index contributed by atoms with van der Waals surface area (Å²) in [7, 11) is 0. The third-order valence-electron chi connectivity index (χ3n) is 6.45. The summed E-state index contributed by atoms with van der Waals surface area (Å²) in [6.45, 7) is 8.63. The van der Waals surface area contributed by atoms with Gasteiger partial charge in [-0.15, -0.1) is 0 Å². The van der Waals surface area contributed by atoms with E-state index in [1.807, 2.05) is 44.4 Å². The Hall–Kier alpha value is -2.41.